The number of rotatable bonds is 2. The van der Waals surface area contributed by atoms with Crippen LogP contribution in [0.3, 0.4) is 0 Å². The van der Waals surface area contributed by atoms with Gasteiger partial charge in [0.25, 0.3) is 5.91 Å². The first kappa shape index (κ1) is 19.9. The van der Waals surface area contributed by atoms with E-state index >= 15 is 0 Å². The van der Waals surface area contributed by atoms with Crippen LogP contribution >= 0.6 is 0 Å². The van der Waals surface area contributed by atoms with Crippen LogP contribution in [0.1, 0.15) is 46.1 Å². The summed E-state index contributed by atoms with van der Waals surface area (Å²) in [5, 5.41) is 7.89. The fourth-order valence-electron chi connectivity index (χ4n) is 3.84. The predicted molar refractivity (Wildman–Crippen MR) is 100 cm³/mol. The van der Waals surface area contributed by atoms with E-state index in [1.165, 1.54) is 21.4 Å². The number of carbonyl (C=O) groups is 1. The van der Waals surface area contributed by atoms with Gasteiger partial charge >= 0.3 is 6.18 Å². The number of aromatic nitrogens is 3. The van der Waals surface area contributed by atoms with Crippen molar-refractivity contribution in [2.24, 2.45) is 0 Å². The Morgan fingerprint density at radius 1 is 1.13 bits per heavy atom. The smallest absolute Gasteiger partial charge is 0.336 e. The number of amides is 1. The Morgan fingerprint density at radius 2 is 1.87 bits per heavy atom. The number of pyridine rings is 1. The maximum absolute atomic E-state index is 13.9. The van der Waals surface area contributed by atoms with Gasteiger partial charge in [0, 0.05) is 24.8 Å². The van der Waals surface area contributed by atoms with Gasteiger partial charge in [-0.05, 0) is 42.5 Å². The maximum atomic E-state index is 13.9. The number of terminal acetylenes is 1. The van der Waals surface area contributed by atoms with Crippen molar-refractivity contribution >= 4 is 11.6 Å². The number of hydrogen-bond acceptors (Lipinski definition) is 3. The number of hydrogen-bond donors (Lipinski definition) is 0. The van der Waals surface area contributed by atoms with Crippen LogP contribution in [0.25, 0.3) is 5.65 Å². The van der Waals surface area contributed by atoms with Crippen LogP contribution in [0, 0.1) is 18.2 Å². The van der Waals surface area contributed by atoms with Crippen LogP contribution in [0.4, 0.5) is 17.6 Å². The van der Waals surface area contributed by atoms with Crippen molar-refractivity contribution in [2.45, 2.75) is 24.9 Å². The van der Waals surface area contributed by atoms with Crippen molar-refractivity contribution in [3.8, 4) is 12.3 Å². The third-order valence-electron chi connectivity index (χ3n) is 5.31. The highest BCUT2D eigenvalue weighted by Crippen LogP contribution is 2.40. The first-order valence-electron chi connectivity index (χ1n) is 9.26. The second kappa shape index (κ2) is 7.44. The molecule has 2 aromatic heterocycles. The zero-order chi connectivity index (χ0) is 21.5. The SMILES string of the molecule is C#Cc1ccc2nnc(C(=O)N3CCC(c4cccc(F)c4C(F)(F)F)CC3)n2c1. The van der Waals surface area contributed by atoms with Crippen LogP contribution in [0.2, 0.25) is 0 Å². The van der Waals surface area contributed by atoms with Crippen molar-refractivity contribution in [3.05, 3.63) is 64.9 Å². The van der Waals surface area contributed by atoms with Gasteiger partial charge in [-0.1, -0.05) is 18.1 Å². The van der Waals surface area contributed by atoms with E-state index in [9.17, 15) is 22.4 Å². The minimum absolute atomic E-state index is 0.0683. The molecule has 0 radical (unpaired) electrons. The fourth-order valence-corrected chi connectivity index (χ4v) is 3.84. The standard InChI is InChI=1S/C21H16F4N4O/c1-2-13-6-7-17-26-27-19(29(17)12-13)20(30)28-10-8-14(9-11-28)15-4-3-5-16(22)18(15)21(23,24)25/h1,3-7,12,14H,8-11H2. The summed E-state index contributed by atoms with van der Waals surface area (Å²) in [7, 11) is 0. The number of benzene rings is 1. The van der Waals surface area contributed by atoms with Crippen LogP contribution in [0.15, 0.2) is 36.5 Å². The molecule has 0 atom stereocenters. The third-order valence-corrected chi connectivity index (χ3v) is 5.31. The predicted octanol–water partition coefficient (Wildman–Crippen LogP) is 3.89. The number of carbonyl (C=O) groups excluding carboxylic acids is 1. The quantitative estimate of drug-likeness (QED) is 0.471. The lowest BCUT2D eigenvalue weighted by atomic mass is 9.86. The molecule has 30 heavy (non-hydrogen) atoms. The van der Waals surface area contributed by atoms with Crippen molar-refractivity contribution in [1.82, 2.24) is 19.5 Å². The largest absolute Gasteiger partial charge is 0.419 e. The summed E-state index contributed by atoms with van der Waals surface area (Å²) in [6.45, 7) is 0.447. The van der Waals surface area contributed by atoms with Gasteiger partial charge < -0.3 is 4.90 Å². The van der Waals surface area contributed by atoms with E-state index in [4.69, 9.17) is 6.42 Å². The Kier molecular flexibility index (Phi) is 4.94. The summed E-state index contributed by atoms with van der Waals surface area (Å²) in [5.41, 5.74) is -0.274. The van der Waals surface area contributed by atoms with E-state index in [0.717, 1.165) is 6.07 Å². The normalized spacial score (nSPS) is 15.4. The van der Waals surface area contributed by atoms with Crippen molar-refractivity contribution < 1.29 is 22.4 Å². The second-order valence-corrected chi connectivity index (χ2v) is 7.08. The topological polar surface area (TPSA) is 50.5 Å². The molecule has 9 heteroatoms. The molecule has 1 aliphatic heterocycles. The molecular formula is C21H16F4N4O. The molecule has 1 saturated heterocycles. The Labute approximate surface area is 169 Å². The summed E-state index contributed by atoms with van der Waals surface area (Å²) in [4.78, 5) is 14.4. The van der Waals surface area contributed by atoms with E-state index in [1.807, 2.05) is 0 Å². The highest BCUT2D eigenvalue weighted by atomic mass is 19.4. The van der Waals surface area contributed by atoms with Crippen molar-refractivity contribution in [1.29, 1.82) is 0 Å². The Hall–Kier alpha value is -3.41. The lowest BCUT2D eigenvalue weighted by Gasteiger charge is -2.32. The number of piperidine rings is 1. The summed E-state index contributed by atoms with van der Waals surface area (Å²) < 4.78 is 55.4. The molecule has 1 aromatic carbocycles. The van der Waals surface area contributed by atoms with Gasteiger partial charge in [-0.2, -0.15) is 13.2 Å². The molecule has 0 N–H and O–H groups in total. The Morgan fingerprint density at radius 3 is 2.53 bits per heavy atom. The molecule has 0 spiro atoms. The number of halogens is 4. The third kappa shape index (κ3) is 3.49. The monoisotopic (exact) mass is 416 g/mol. The highest BCUT2D eigenvalue weighted by Gasteiger charge is 2.39. The molecular weight excluding hydrogens is 400 g/mol. The van der Waals surface area contributed by atoms with E-state index in [0.29, 0.717) is 11.2 Å². The van der Waals surface area contributed by atoms with Gasteiger partial charge in [0.1, 0.15) is 5.82 Å². The van der Waals surface area contributed by atoms with Crippen LogP contribution in [0.5, 0.6) is 0 Å². The molecule has 3 heterocycles. The molecule has 5 nitrogen and oxygen atoms in total. The van der Waals surface area contributed by atoms with Crippen LogP contribution < -0.4 is 0 Å². The fraction of sp³-hybridized carbons (Fsp3) is 0.286. The summed E-state index contributed by atoms with van der Waals surface area (Å²) in [6.07, 6.45) is 2.77. The zero-order valence-corrected chi connectivity index (χ0v) is 15.7. The van der Waals surface area contributed by atoms with Gasteiger partial charge in [-0.15, -0.1) is 16.6 Å². The number of alkyl halides is 3. The van der Waals surface area contributed by atoms with Gasteiger partial charge in [0.05, 0.1) is 5.56 Å². The lowest BCUT2D eigenvalue weighted by Crippen LogP contribution is -2.39. The minimum atomic E-state index is -4.78. The maximum Gasteiger partial charge on any atom is 0.419 e. The van der Waals surface area contributed by atoms with Gasteiger partial charge in [-0.25, -0.2) is 4.39 Å². The summed E-state index contributed by atoms with van der Waals surface area (Å²) >= 11 is 0. The average Bonchev–Trinajstić information content (AvgIpc) is 3.15. The first-order chi connectivity index (χ1) is 14.3. The minimum Gasteiger partial charge on any atom is -0.336 e. The molecule has 154 valence electrons. The van der Waals surface area contributed by atoms with Gasteiger partial charge in [-0.3, -0.25) is 9.20 Å². The first-order valence-corrected chi connectivity index (χ1v) is 9.26. The lowest BCUT2D eigenvalue weighted by molar-refractivity contribution is -0.140. The number of nitrogens with zero attached hydrogens (tertiary/aromatic N) is 4. The molecule has 0 aliphatic carbocycles. The van der Waals surface area contributed by atoms with Crippen molar-refractivity contribution in [2.75, 3.05) is 13.1 Å². The molecule has 1 amide bonds. The Bertz CT molecular complexity index is 1150. The van der Waals surface area contributed by atoms with E-state index in [-0.39, 0.29) is 43.2 Å². The average molecular weight is 416 g/mol. The molecule has 1 aliphatic rings. The highest BCUT2D eigenvalue weighted by molar-refractivity contribution is 5.91. The second-order valence-electron chi connectivity index (χ2n) is 7.08. The summed E-state index contributed by atoms with van der Waals surface area (Å²) in [6, 6.07) is 6.73. The number of fused-ring (bicyclic) bond motifs is 1. The van der Waals surface area contributed by atoms with E-state index in [2.05, 4.69) is 16.1 Å². The van der Waals surface area contributed by atoms with Gasteiger partial charge in [0.2, 0.25) is 5.82 Å². The van der Waals surface area contributed by atoms with Crippen molar-refractivity contribution in [3.63, 3.8) is 0 Å². The summed E-state index contributed by atoms with van der Waals surface area (Å²) in [5.74, 6) is 0.403. The van der Waals surface area contributed by atoms with Crippen LogP contribution in [-0.4, -0.2) is 38.5 Å². The van der Waals surface area contributed by atoms with Crippen LogP contribution in [-0.2, 0) is 6.18 Å². The molecule has 4 rings (SSSR count). The molecule has 0 bridgehead atoms. The van der Waals surface area contributed by atoms with E-state index < -0.39 is 23.5 Å². The molecule has 3 aromatic rings. The molecule has 1 fully saturated rings. The Balaban J connectivity index is 1.54. The van der Waals surface area contributed by atoms with Gasteiger partial charge in [0.15, 0.2) is 5.65 Å². The molecule has 0 saturated carbocycles. The number of likely N-dealkylation sites (tertiary alicyclic amines) is 1. The van der Waals surface area contributed by atoms with E-state index in [1.54, 1.807) is 18.3 Å². The zero-order valence-electron chi connectivity index (χ0n) is 15.7. The molecule has 0 unspecified atom stereocenters.